The zero-order chi connectivity index (χ0) is 14.4. The average molecular weight is 279 g/mol. The molecule has 5 nitrogen and oxygen atoms in total. The minimum absolute atomic E-state index is 0.0110. The summed E-state index contributed by atoms with van der Waals surface area (Å²) in [5, 5.41) is 3.00. The SMILES string of the molecule is COC(=O)[C@@H]1CCC[C@H](NC(=O)CCc2ccco2)C1. The Morgan fingerprint density at radius 3 is 3.00 bits per heavy atom. The minimum atomic E-state index is -0.167. The van der Waals surface area contributed by atoms with Gasteiger partial charge in [-0.3, -0.25) is 9.59 Å². The molecule has 0 saturated heterocycles. The van der Waals surface area contributed by atoms with Crippen molar-refractivity contribution in [2.45, 2.75) is 44.6 Å². The summed E-state index contributed by atoms with van der Waals surface area (Å²) < 4.78 is 9.97. The zero-order valence-corrected chi connectivity index (χ0v) is 11.8. The van der Waals surface area contributed by atoms with Crippen molar-refractivity contribution < 1.29 is 18.7 Å². The highest BCUT2D eigenvalue weighted by atomic mass is 16.5. The number of carbonyl (C=O) groups is 2. The van der Waals surface area contributed by atoms with Gasteiger partial charge in [-0.1, -0.05) is 6.42 Å². The van der Waals surface area contributed by atoms with Crippen molar-refractivity contribution >= 4 is 11.9 Å². The lowest BCUT2D eigenvalue weighted by Gasteiger charge is -2.28. The number of hydrogen-bond acceptors (Lipinski definition) is 4. The summed E-state index contributed by atoms with van der Waals surface area (Å²) in [5.41, 5.74) is 0. The monoisotopic (exact) mass is 279 g/mol. The van der Waals surface area contributed by atoms with Crippen LogP contribution in [0.5, 0.6) is 0 Å². The summed E-state index contributed by atoms with van der Waals surface area (Å²) in [6, 6.07) is 3.76. The molecule has 0 aromatic carbocycles. The predicted molar refractivity (Wildman–Crippen MR) is 72.9 cm³/mol. The second kappa shape index (κ2) is 7.12. The molecular formula is C15H21NO4. The van der Waals surface area contributed by atoms with Crippen LogP contribution < -0.4 is 5.32 Å². The normalized spacial score (nSPS) is 22.2. The van der Waals surface area contributed by atoms with Crippen LogP contribution in [0.25, 0.3) is 0 Å². The molecule has 1 amide bonds. The average Bonchev–Trinajstić information content (AvgIpc) is 2.98. The Balaban J connectivity index is 1.74. The van der Waals surface area contributed by atoms with Gasteiger partial charge in [-0.15, -0.1) is 0 Å². The molecule has 1 heterocycles. The third-order valence-corrected chi connectivity index (χ3v) is 3.75. The van der Waals surface area contributed by atoms with Gasteiger partial charge in [0.05, 0.1) is 19.3 Å². The zero-order valence-electron chi connectivity index (χ0n) is 11.8. The first-order valence-electron chi connectivity index (χ1n) is 7.08. The van der Waals surface area contributed by atoms with Crippen LogP contribution in [0.3, 0.4) is 0 Å². The smallest absolute Gasteiger partial charge is 0.308 e. The molecule has 1 aliphatic rings. The van der Waals surface area contributed by atoms with E-state index in [1.165, 1.54) is 7.11 Å². The molecule has 1 aliphatic carbocycles. The van der Waals surface area contributed by atoms with Gasteiger partial charge in [0, 0.05) is 18.9 Å². The van der Waals surface area contributed by atoms with Crippen molar-refractivity contribution in [3.8, 4) is 0 Å². The Bertz CT molecular complexity index is 441. The third kappa shape index (κ3) is 4.11. The molecule has 5 heteroatoms. The summed E-state index contributed by atoms with van der Waals surface area (Å²) in [4.78, 5) is 23.4. The molecule has 0 spiro atoms. The van der Waals surface area contributed by atoms with Crippen molar-refractivity contribution in [2.75, 3.05) is 7.11 Å². The largest absolute Gasteiger partial charge is 0.469 e. The van der Waals surface area contributed by atoms with E-state index in [0.717, 1.165) is 25.0 Å². The van der Waals surface area contributed by atoms with Gasteiger partial charge in [0.15, 0.2) is 0 Å². The highest BCUT2D eigenvalue weighted by Gasteiger charge is 2.28. The number of furan rings is 1. The summed E-state index contributed by atoms with van der Waals surface area (Å²) in [6.45, 7) is 0. The van der Waals surface area contributed by atoms with E-state index in [1.54, 1.807) is 6.26 Å². The fourth-order valence-electron chi connectivity index (χ4n) is 2.69. The standard InChI is InChI=1S/C15H21NO4/c1-19-15(18)11-4-2-5-12(10-11)16-14(17)8-7-13-6-3-9-20-13/h3,6,9,11-12H,2,4-5,7-8,10H2,1H3,(H,16,17)/t11-,12+/m1/s1. The Morgan fingerprint density at radius 2 is 2.30 bits per heavy atom. The summed E-state index contributed by atoms with van der Waals surface area (Å²) in [5.74, 6) is 0.580. The Kier molecular flexibility index (Phi) is 5.21. The van der Waals surface area contributed by atoms with E-state index >= 15 is 0 Å². The Labute approximate surface area is 118 Å². The number of aryl methyl sites for hydroxylation is 1. The first-order valence-corrected chi connectivity index (χ1v) is 7.08. The molecule has 1 fully saturated rings. The van der Waals surface area contributed by atoms with Crippen molar-refractivity contribution in [1.82, 2.24) is 5.32 Å². The number of ether oxygens (including phenoxy) is 1. The first kappa shape index (κ1) is 14.6. The molecule has 0 unspecified atom stereocenters. The van der Waals surface area contributed by atoms with E-state index in [-0.39, 0.29) is 23.8 Å². The fourth-order valence-corrected chi connectivity index (χ4v) is 2.69. The number of carbonyl (C=O) groups excluding carboxylic acids is 2. The molecule has 2 rings (SSSR count). The van der Waals surface area contributed by atoms with E-state index in [1.807, 2.05) is 12.1 Å². The lowest BCUT2D eigenvalue weighted by molar-refractivity contribution is -0.147. The van der Waals surface area contributed by atoms with Gasteiger partial charge in [-0.05, 0) is 31.4 Å². The first-order chi connectivity index (χ1) is 9.69. The van der Waals surface area contributed by atoms with Crippen molar-refractivity contribution in [1.29, 1.82) is 0 Å². The molecule has 0 bridgehead atoms. The maximum absolute atomic E-state index is 11.9. The van der Waals surface area contributed by atoms with Gasteiger partial charge >= 0.3 is 5.97 Å². The van der Waals surface area contributed by atoms with Gasteiger partial charge < -0.3 is 14.5 Å². The van der Waals surface area contributed by atoms with Crippen molar-refractivity contribution in [3.05, 3.63) is 24.2 Å². The maximum Gasteiger partial charge on any atom is 0.308 e. The van der Waals surface area contributed by atoms with Gasteiger partial charge in [-0.25, -0.2) is 0 Å². The summed E-state index contributed by atoms with van der Waals surface area (Å²) in [7, 11) is 1.41. The molecule has 20 heavy (non-hydrogen) atoms. The second-order valence-electron chi connectivity index (χ2n) is 5.23. The van der Waals surface area contributed by atoms with Crippen LogP contribution in [0.4, 0.5) is 0 Å². The quantitative estimate of drug-likeness (QED) is 0.838. The molecule has 0 radical (unpaired) electrons. The van der Waals surface area contributed by atoms with Crippen LogP contribution in [-0.4, -0.2) is 25.0 Å². The van der Waals surface area contributed by atoms with Crippen LogP contribution >= 0.6 is 0 Å². The molecule has 1 N–H and O–H groups in total. The minimum Gasteiger partial charge on any atom is -0.469 e. The highest BCUT2D eigenvalue weighted by Crippen LogP contribution is 2.25. The topological polar surface area (TPSA) is 68.5 Å². The van der Waals surface area contributed by atoms with E-state index in [2.05, 4.69) is 5.32 Å². The van der Waals surface area contributed by atoms with Crippen LogP contribution in [0.15, 0.2) is 22.8 Å². The van der Waals surface area contributed by atoms with Crippen LogP contribution in [0.2, 0.25) is 0 Å². The fraction of sp³-hybridized carbons (Fsp3) is 0.600. The predicted octanol–water partition coefficient (Wildman–Crippen LogP) is 2.06. The number of amides is 1. The lowest BCUT2D eigenvalue weighted by Crippen LogP contribution is -2.40. The number of esters is 1. The van der Waals surface area contributed by atoms with E-state index in [4.69, 9.17) is 9.15 Å². The number of hydrogen-bond donors (Lipinski definition) is 1. The van der Waals surface area contributed by atoms with E-state index < -0.39 is 0 Å². The van der Waals surface area contributed by atoms with Crippen LogP contribution in [0.1, 0.15) is 37.9 Å². The van der Waals surface area contributed by atoms with Gasteiger partial charge in [-0.2, -0.15) is 0 Å². The number of rotatable bonds is 5. The Morgan fingerprint density at radius 1 is 1.45 bits per heavy atom. The molecule has 1 aromatic heterocycles. The molecular weight excluding hydrogens is 258 g/mol. The summed E-state index contributed by atoms with van der Waals surface area (Å²) >= 11 is 0. The van der Waals surface area contributed by atoms with Crippen LogP contribution in [-0.2, 0) is 20.7 Å². The highest BCUT2D eigenvalue weighted by molar-refractivity contribution is 5.77. The van der Waals surface area contributed by atoms with Crippen molar-refractivity contribution in [2.24, 2.45) is 5.92 Å². The molecule has 110 valence electrons. The van der Waals surface area contributed by atoms with Crippen molar-refractivity contribution in [3.63, 3.8) is 0 Å². The van der Waals surface area contributed by atoms with Gasteiger partial charge in [0.25, 0.3) is 0 Å². The van der Waals surface area contributed by atoms with E-state index in [9.17, 15) is 9.59 Å². The molecule has 0 aliphatic heterocycles. The van der Waals surface area contributed by atoms with Gasteiger partial charge in [0.1, 0.15) is 5.76 Å². The molecule has 2 atom stereocenters. The number of methoxy groups -OCH3 is 1. The van der Waals surface area contributed by atoms with E-state index in [0.29, 0.717) is 19.3 Å². The maximum atomic E-state index is 11.9. The molecule has 1 aromatic rings. The third-order valence-electron chi connectivity index (χ3n) is 3.75. The number of nitrogens with one attached hydrogen (secondary N) is 1. The lowest BCUT2D eigenvalue weighted by atomic mass is 9.85. The van der Waals surface area contributed by atoms with Gasteiger partial charge in [0.2, 0.25) is 5.91 Å². The second-order valence-corrected chi connectivity index (χ2v) is 5.23. The van der Waals surface area contributed by atoms with Crippen LogP contribution in [0, 0.1) is 5.92 Å². The summed E-state index contributed by atoms with van der Waals surface area (Å²) in [6.07, 6.45) is 6.03. The molecule has 1 saturated carbocycles. The Hall–Kier alpha value is -1.78.